The Balaban J connectivity index is 1.95. The van der Waals surface area contributed by atoms with Gasteiger partial charge in [0, 0.05) is 10.6 Å². The molecule has 0 heterocycles. The van der Waals surface area contributed by atoms with Crippen LogP contribution in [0.15, 0.2) is 41.3 Å². The molecule has 0 radical (unpaired) electrons. The molecule has 0 aliphatic heterocycles. The molecule has 0 atom stereocenters. The lowest BCUT2D eigenvalue weighted by atomic mass is 10.1. The van der Waals surface area contributed by atoms with Gasteiger partial charge in [-0.25, -0.2) is 4.39 Å². The smallest absolute Gasteiger partial charge is 0.234 e. The molecule has 0 aliphatic rings. The van der Waals surface area contributed by atoms with Gasteiger partial charge in [-0.15, -0.1) is 11.8 Å². The topological polar surface area (TPSA) is 55.1 Å². The van der Waals surface area contributed by atoms with Crippen LogP contribution in [0.2, 0.25) is 0 Å². The largest absolute Gasteiger partial charge is 0.396 e. The molecule has 2 aromatic carbocycles. The van der Waals surface area contributed by atoms with Crippen LogP contribution in [0, 0.1) is 19.7 Å². The number of hydrogen-bond acceptors (Lipinski definition) is 3. The maximum absolute atomic E-state index is 13.3. The lowest BCUT2D eigenvalue weighted by Crippen LogP contribution is -2.14. The summed E-state index contributed by atoms with van der Waals surface area (Å²) in [7, 11) is 0. The van der Waals surface area contributed by atoms with Gasteiger partial charge >= 0.3 is 0 Å². The van der Waals surface area contributed by atoms with Crippen LogP contribution >= 0.6 is 11.8 Å². The maximum Gasteiger partial charge on any atom is 0.234 e. The van der Waals surface area contributed by atoms with Crippen LogP contribution in [0.4, 0.5) is 15.8 Å². The second-order valence-corrected chi connectivity index (χ2v) is 5.89. The van der Waals surface area contributed by atoms with E-state index in [2.05, 4.69) is 5.32 Å². The van der Waals surface area contributed by atoms with Crippen LogP contribution in [0.25, 0.3) is 0 Å². The van der Waals surface area contributed by atoms with Gasteiger partial charge in [0.2, 0.25) is 5.91 Å². The van der Waals surface area contributed by atoms with Crippen molar-refractivity contribution in [2.75, 3.05) is 16.8 Å². The van der Waals surface area contributed by atoms with E-state index in [1.807, 2.05) is 32.0 Å². The zero-order valence-corrected chi connectivity index (χ0v) is 12.8. The molecule has 0 bridgehead atoms. The molecule has 2 aromatic rings. The third kappa shape index (κ3) is 4.23. The molecular weight excluding hydrogens is 287 g/mol. The Morgan fingerprint density at radius 2 is 2.00 bits per heavy atom. The minimum absolute atomic E-state index is 0.110. The molecule has 0 aliphatic carbocycles. The van der Waals surface area contributed by atoms with Crippen LogP contribution in [0.5, 0.6) is 0 Å². The van der Waals surface area contributed by atoms with E-state index in [4.69, 9.17) is 5.73 Å². The standard InChI is InChI=1S/C16H17FN2OS/c1-10-3-4-11(2)15(7-10)19-16(20)9-21-12-5-6-14(18)13(17)8-12/h3-8H,9,18H2,1-2H3,(H,19,20). The average Bonchev–Trinajstić information content (AvgIpc) is 2.44. The first-order valence-corrected chi connectivity index (χ1v) is 7.49. The van der Waals surface area contributed by atoms with Crippen molar-refractivity contribution in [2.45, 2.75) is 18.7 Å². The van der Waals surface area contributed by atoms with Crippen molar-refractivity contribution in [2.24, 2.45) is 0 Å². The van der Waals surface area contributed by atoms with Crippen molar-refractivity contribution in [1.29, 1.82) is 0 Å². The van der Waals surface area contributed by atoms with Crippen LogP contribution < -0.4 is 11.1 Å². The number of amides is 1. The number of thioether (sulfide) groups is 1. The predicted octanol–water partition coefficient (Wildman–Crippen LogP) is 3.76. The first-order chi connectivity index (χ1) is 9.95. The second-order valence-electron chi connectivity index (χ2n) is 4.84. The highest BCUT2D eigenvalue weighted by Crippen LogP contribution is 2.23. The van der Waals surface area contributed by atoms with Gasteiger partial charge in [-0.3, -0.25) is 4.79 Å². The van der Waals surface area contributed by atoms with Gasteiger partial charge in [0.15, 0.2) is 0 Å². The Labute approximate surface area is 127 Å². The number of nitrogens with two attached hydrogens (primary N) is 1. The molecule has 0 fully saturated rings. The summed E-state index contributed by atoms with van der Waals surface area (Å²) in [5.74, 6) is -0.364. The van der Waals surface area contributed by atoms with Gasteiger partial charge < -0.3 is 11.1 Å². The van der Waals surface area contributed by atoms with E-state index in [1.165, 1.54) is 23.9 Å². The molecular formula is C16H17FN2OS. The lowest BCUT2D eigenvalue weighted by molar-refractivity contribution is -0.113. The summed E-state index contributed by atoms with van der Waals surface area (Å²) in [4.78, 5) is 12.6. The Hall–Kier alpha value is -2.01. The molecule has 0 saturated carbocycles. The van der Waals surface area contributed by atoms with E-state index < -0.39 is 5.82 Å². The van der Waals surface area contributed by atoms with Crippen molar-refractivity contribution in [3.05, 3.63) is 53.3 Å². The Morgan fingerprint density at radius 3 is 2.71 bits per heavy atom. The molecule has 0 saturated heterocycles. The van der Waals surface area contributed by atoms with Gasteiger partial charge in [-0.05, 0) is 49.2 Å². The maximum atomic E-state index is 13.3. The zero-order chi connectivity index (χ0) is 15.4. The minimum Gasteiger partial charge on any atom is -0.396 e. The minimum atomic E-state index is -0.463. The number of carbonyl (C=O) groups excluding carboxylic acids is 1. The number of carbonyl (C=O) groups is 1. The summed E-state index contributed by atoms with van der Waals surface area (Å²) in [5.41, 5.74) is 8.43. The summed E-state index contributed by atoms with van der Waals surface area (Å²) < 4.78 is 13.3. The van der Waals surface area contributed by atoms with E-state index in [0.717, 1.165) is 16.8 Å². The number of benzene rings is 2. The normalized spacial score (nSPS) is 10.4. The summed E-state index contributed by atoms with van der Waals surface area (Å²) in [5, 5.41) is 2.87. The van der Waals surface area contributed by atoms with E-state index in [1.54, 1.807) is 6.07 Å². The van der Waals surface area contributed by atoms with E-state index in [-0.39, 0.29) is 17.3 Å². The van der Waals surface area contributed by atoms with Crippen LogP contribution in [0.1, 0.15) is 11.1 Å². The summed E-state index contributed by atoms with van der Waals surface area (Å²) >= 11 is 1.27. The van der Waals surface area contributed by atoms with Gasteiger partial charge in [-0.2, -0.15) is 0 Å². The molecule has 5 heteroatoms. The highest BCUT2D eigenvalue weighted by atomic mass is 32.2. The number of nitrogens with one attached hydrogen (secondary N) is 1. The van der Waals surface area contributed by atoms with E-state index in [9.17, 15) is 9.18 Å². The Bertz CT molecular complexity index is 673. The van der Waals surface area contributed by atoms with Crippen molar-refractivity contribution in [1.82, 2.24) is 0 Å². The van der Waals surface area contributed by atoms with Gasteiger partial charge in [0.25, 0.3) is 0 Å². The summed E-state index contributed by atoms with van der Waals surface area (Å²) in [6, 6.07) is 10.4. The van der Waals surface area contributed by atoms with Crippen molar-refractivity contribution >= 4 is 29.0 Å². The van der Waals surface area contributed by atoms with Crippen LogP contribution in [-0.4, -0.2) is 11.7 Å². The molecule has 0 aromatic heterocycles. The number of hydrogen-bond donors (Lipinski definition) is 2. The fraction of sp³-hybridized carbons (Fsp3) is 0.188. The van der Waals surface area contributed by atoms with E-state index >= 15 is 0 Å². The molecule has 110 valence electrons. The van der Waals surface area contributed by atoms with Gasteiger partial charge in [0.05, 0.1) is 11.4 Å². The second kappa shape index (κ2) is 6.63. The summed E-state index contributed by atoms with van der Waals surface area (Å²) in [6.45, 7) is 3.92. The average molecular weight is 304 g/mol. The molecule has 1 amide bonds. The third-order valence-electron chi connectivity index (χ3n) is 3.01. The fourth-order valence-electron chi connectivity index (χ4n) is 1.80. The first kappa shape index (κ1) is 15.4. The number of nitrogen functional groups attached to an aromatic ring is 1. The van der Waals surface area contributed by atoms with E-state index in [0.29, 0.717) is 4.90 Å². The SMILES string of the molecule is Cc1ccc(C)c(NC(=O)CSc2ccc(N)c(F)c2)c1. The van der Waals surface area contributed by atoms with Crippen LogP contribution in [0.3, 0.4) is 0 Å². The van der Waals surface area contributed by atoms with Gasteiger partial charge in [-0.1, -0.05) is 12.1 Å². The highest BCUT2D eigenvalue weighted by Gasteiger charge is 2.07. The zero-order valence-electron chi connectivity index (χ0n) is 11.9. The van der Waals surface area contributed by atoms with Crippen molar-refractivity contribution in [3.8, 4) is 0 Å². The first-order valence-electron chi connectivity index (χ1n) is 6.50. The van der Waals surface area contributed by atoms with Crippen molar-refractivity contribution < 1.29 is 9.18 Å². The summed E-state index contributed by atoms with van der Waals surface area (Å²) in [6.07, 6.45) is 0. The Kier molecular flexibility index (Phi) is 4.85. The molecule has 2 rings (SSSR count). The molecule has 21 heavy (non-hydrogen) atoms. The fourth-order valence-corrected chi connectivity index (χ4v) is 2.52. The lowest BCUT2D eigenvalue weighted by Gasteiger charge is -2.09. The van der Waals surface area contributed by atoms with Gasteiger partial charge in [0.1, 0.15) is 5.82 Å². The Morgan fingerprint density at radius 1 is 1.24 bits per heavy atom. The number of halogens is 1. The molecule has 0 unspecified atom stereocenters. The highest BCUT2D eigenvalue weighted by molar-refractivity contribution is 8.00. The monoisotopic (exact) mass is 304 g/mol. The number of anilines is 2. The number of aryl methyl sites for hydroxylation is 2. The van der Waals surface area contributed by atoms with Crippen LogP contribution in [-0.2, 0) is 4.79 Å². The predicted molar refractivity (Wildman–Crippen MR) is 86.1 cm³/mol. The molecule has 3 nitrogen and oxygen atoms in total. The number of rotatable bonds is 4. The van der Waals surface area contributed by atoms with Crippen molar-refractivity contribution in [3.63, 3.8) is 0 Å². The molecule has 3 N–H and O–H groups in total. The molecule has 0 spiro atoms. The quantitative estimate of drug-likeness (QED) is 0.668. The third-order valence-corrected chi connectivity index (χ3v) is 4.00.